The molecule has 0 atom stereocenters. The van der Waals surface area contributed by atoms with E-state index >= 15 is 0 Å². The van der Waals surface area contributed by atoms with Gasteiger partial charge < -0.3 is 0 Å². The van der Waals surface area contributed by atoms with Crippen molar-refractivity contribution in [2.45, 2.75) is 36.6 Å². The van der Waals surface area contributed by atoms with Crippen molar-refractivity contribution >= 4 is 26.0 Å². The highest BCUT2D eigenvalue weighted by Crippen LogP contribution is 2.30. The van der Waals surface area contributed by atoms with Gasteiger partial charge in [0.15, 0.2) is 0 Å². The molecule has 0 N–H and O–H groups in total. The van der Waals surface area contributed by atoms with Crippen molar-refractivity contribution in [3.8, 4) is 0 Å². The fourth-order valence-corrected chi connectivity index (χ4v) is 4.16. The molecule has 0 bridgehead atoms. The van der Waals surface area contributed by atoms with E-state index in [-0.39, 0.29) is 10.9 Å². The smallest absolute Gasteiger partial charge is 0.207 e. The maximum atomic E-state index is 13.2. The Kier molecular flexibility index (Phi) is 4.97. The standard InChI is InChI=1S/C13H17BrFNO2S/c14-8-3-9-16(12-5-2-6-12)19(17,18)13-7-1-4-11(15)10-13/h1,4,7,10,12H,2-3,5-6,8-9H2. The molecule has 3 nitrogen and oxygen atoms in total. The summed E-state index contributed by atoms with van der Waals surface area (Å²) in [6, 6.07) is 5.32. The Bertz CT molecular complexity index is 531. The van der Waals surface area contributed by atoms with Crippen LogP contribution >= 0.6 is 15.9 Å². The van der Waals surface area contributed by atoms with Crippen molar-refractivity contribution in [3.63, 3.8) is 0 Å². The van der Waals surface area contributed by atoms with Crippen LogP contribution in [0.15, 0.2) is 29.2 Å². The lowest BCUT2D eigenvalue weighted by Gasteiger charge is -2.36. The number of sulfonamides is 1. The zero-order valence-corrected chi connectivity index (χ0v) is 13.0. The lowest BCUT2D eigenvalue weighted by atomic mass is 9.93. The fraction of sp³-hybridized carbons (Fsp3) is 0.538. The van der Waals surface area contributed by atoms with Crippen LogP contribution in [0.25, 0.3) is 0 Å². The molecule has 0 amide bonds. The molecule has 1 aromatic rings. The summed E-state index contributed by atoms with van der Waals surface area (Å²) in [5, 5.41) is 0.759. The van der Waals surface area contributed by atoms with Crippen LogP contribution in [0.5, 0.6) is 0 Å². The van der Waals surface area contributed by atoms with Gasteiger partial charge in [0, 0.05) is 17.9 Å². The lowest BCUT2D eigenvalue weighted by Crippen LogP contribution is -2.44. The molecule has 1 aliphatic rings. The molecule has 19 heavy (non-hydrogen) atoms. The van der Waals surface area contributed by atoms with E-state index in [4.69, 9.17) is 0 Å². The molecule has 6 heteroatoms. The fourth-order valence-electron chi connectivity index (χ4n) is 2.15. The second-order valence-corrected chi connectivity index (χ2v) is 7.38. The molecule has 1 fully saturated rings. The molecule has 0 spiro atoms. The van der Waals surface area contributed by atoms with Crippen LogP contribution in [-0.2, 0) is 10.0 Å². The number of halogens is 2. The minimum Gasteiger partial charge on any atom is -0.207 e. The van der Waals surface area contributed by atoms with Crippen LogP contribution in [0, 0.1) is 5.82 Å². The van der Waals surface area contributed by atoms with Crippen LogP contribution in [-0.4, -0.2) is 30.6 Å². The van der Waals surface area contributed by atoms with Crippen molar-refractivity contribution in [2.75, 3.05) is 11.9 Å². The topological polar surface area (TPSA) is 37.4 Å². The van der Waals surface area contributed by atoms with Gasteiger partial charge in [0.25, 0.3) is 0 Å². The highest BCUT2D eigenvalue weighted by Gasteiger charge is 2.34. The van der Waals surface area contributed by atoms with E-state index in [1.165, 1.54) is 22.5 Å². The SMILES string of the molecule is O=S(=O)(c1cccc(F)c1)N(CCCBr)C1CCC1. The summed E-state index contributed by atoms with van der Waals surface area (Å²) < 4.78 is 39.9. The van der Waals surface area contributed by atoms with Crippen molar-refractivity contribution in [3.05, 3.63) is 30.1 Å². The quantitative estimate of drug-likeness (QED) is 0.739. The predicted molar refractivity (Wildman–Crippen MR) is 76.3 cm³/mol. The molecule has 0 saturated heterocycles. The van der Waals surface area contributed by atoms with Gasteiger partial charge in [-0.05, 0) is 37.5 Å². The molecule has 0 radical (unpaired) electrons. The second kappa shape index (κ2) is 6.33. The van der Waals surface area contributed by atoms with E-state index in [1.54, 1.807) is 0 Å². The highest BCUT2D eigenvalue weighted by molar-refractivity contribution is 9.09. The normalized spacial score (nSPS) is 16.6. The van der Waals surface area contributed by atoms with E-state index < -0.39 is 15.8 Å². The maximum Gasteiger partial charge on any atom is 0.243 e. The van der Waals surface area contributed by atoms with E-state index in [0.29, 0.717) is 6.54 Å². The van der Waals surface area contributed by atoms with Crippen molar-refractivity contribution in [1.82, 2.24) is 4.31 Å². The van der Waals surface area contributed by atoms with Gasteiger partial charge >= 0.3 is 0 Å². The van der Waals surface area contributed by atoms with Gasteiger partial charge in [-0.1, -0.05) is 28.4 Å². The van der Waals surface area contributed by atoms with Gasteiger partial charge in [-0.2, -0.15) is 4.31 Å². The van der Waals surface area contributed by atoms with E-state index in [9.17, 15) is 12.8 Å². The van der Waals surface area contributed by atoms with Gasteiger partial charge in [-0.25, -0.2) is 12.8 Å². The van der Waals surface area contributed by atoms with Crippen molar-refractivity contribution < 1.29 is 12.8 Å². The Morgan fingerprint density at radius 1 is 1.37 bits per heavy atom. The van der Waals surface area contributed by atoms with Crippen LogP contribution < -0.4 is 0 Å². The molecule has 1 aliphatic carbocycles. The van der Waals surface area contributed by atoms with Crippen molar-refractivity contribution in [2.24, 2.45) is 0 Å². The molecule has 2 rings (SSSR count). The summed E-state index contributed by atoms with van der Waals surface area (Å²) in [5.41, 5.74) is 0. The van der Waals surface area contributed by atoms with Gasteiger partial charge in [0.1, 0.15) is 5.82 Å². The van der Waals surface area contributed by atoms with Crippen LogP contribution in [0.2, 0.25) is 0 Å². The molecule has 0 unspecified atom stereocenters. The minimum absolute atomic E-state index is 0.0500. The summed E-state index contributed by atoms with van der Waals surface area (Å²) in [7, 11) is -3.58. The van der Waals surface area contributed by atoms with Crippen LogP contribution in [0.3, 0.4) is 0 Å². The van der Waals surface area contributed by atoms with Gasteiger partial charge in [-0.15, -0.1) is 0 Å². The largest absolute Gasteiger partial charge is 0.243 e. The number of nitrogens with zero attached hydrogens (tertiary/aromatic N) is 1. The monoisotopic (exact) mass is 349 g/mol. The third kappa shape index (κ3) is 3.35. The van der Waals surface area contributed by atoms with Gasteiger partial charge in [0.05, 0.1) is 4.90 Å². The Hall–Kier alpha value is -0.460. The number of hydrogen-bond donors (Lipinski definition) is 0. The number of benzene rings is 1. The van der Waals surface area contributed by atoms with E-state index in [0.717, 1.165) is 37.1 Å². The predicted octanol–water partition coefficient (Wildman–Crippen LogP) is 3.15. The third-order valence-corrected chi connectivity index (χ3v) is 5.91. The molecule has 1 saturated carbocycles. The van der Waals surface area contributed by atoms with E-state index in [1.807, 2.05) is 0 Å². The Balaban J connectivity index is 2.27. The molecular formula is C13H17BrFNO2S. The van der Waals surface area contributed by atoms with Crippen LogP contribution in [0.1, 0.15) is 25.7 Å². The van der Waals surface area contributed by atoms with E-state index in [2.05, 4.69) is 15.9 Å². The maximum absolute atomic E-state index is 13.2. The third-order valence-electron chi connectivity index (χ3n) is 3.40. The molecular weight excluding hydrogens is 333 g/mol. The Morgan fingerprint density at radius 3 is 2.63 bits per heavy atom. The van der Waals surface area contributed by atoms with Crippen LogP contribution in [0.4, 0.5) is 4.39 Å². The molecule has 106 valence electrons. The number of alkyl halides is 1. The lowest BCUT2D eigenvalue weighted by molar-refractivity contribution is 0.220. The zero-order valence-electron chi connectivity index (χ0n) is 10.6. The summed E-state index contributed by atoms with van der Waals surface area (Å²) in [4.78, 5) is 0.0500. The summed E-state index contributed by atoms with van der Waals surface area (Å²) in [6.07, 6.45) is 3.62. The first-order valence-electron chi connectivity index (χ1n) is 6.39. The first-order valence-corrected chi connectivity index (χ1v) is 8.95. The molecule has 0 heterocycles. The van der Waals surface area contributed by atoms with Crippen molar-refractivity contribution in [1.29, 1.82) is 0 Å². The van der Waals surface area contributed by atoms with Gasteiger partial charge in [0.2, 0.25) is 10.0 Å². The summed E-state index contributed by atoms with van der Waals surface area (Å²) in [5.74, 6) is -0.518. The average molecular weight is 350 g/mol. The zero-order chi connectivity index (χ0) is 13.9. The first-order chi connectivity index (χ1) is 9.05. The first kappa shape index (κ1) is 14.9. The molecule has 0 aliphatic heterocycles. The number of hydrogen-bond acceptors (Lipinski definition) is 2. The minimum atomic E-state index is -3.58. The van der Waals surface area contributed by atoms with Gasteiger partial charge in [-0.3, -0.25) is 0 Å². The summed E-state index contributed by atoms with van der Waals surface area (Å²) in [6.45, 7) is 0.481. The molecule has 1 aromatic carbocycles. The highest BCUT2D eigenvalue weighted by atomic mass is 79.9. The Labute approximate surface area is 122 Å². The Morgan fingerprint density at radius 2 is 2.11 bits per heavy atom. The average Bonchev–Trinajstić information content (AvgIpc) is 2.31. The summed E-state index contributed by atoms with van der Waals surface area (Å²) >= 11 is 3.32. The number of rotatable bonds is 6. The second-order valence-electron chi connectivity index (χ2n) is 4.70. The molecule has 0 aromatic heterocycles.